The highest BCUT2D eigenvalue weighted by Gasteiger charge is 2.19. The van der Waals surface area contributed by atoms with Crippen LogP contribution in [0.4, 0.5) is 0 Å². The Hall–Kier alpha value is -3.41. The van der Waals surface area contributed by atoms with Gasteiger partial charge in [-0.05, 0) is 77.0 Å². The van der Waals surface area contributed by atoms with Crippen LogP contribution in [0.1, 0.15) is 181 Å². The zero-order valence-electron chi connectivity index (χ0n) is 34.7. The van der Waals surface area contributed by atoms with E-state index in [-0.39, 0.29) is 38.0 Å². The van der Waals surface area contributed by atoms with Crippen molar-refractivity contribution in [2.24, 2.45) is 0 Å². The van der Waals surface area contributed by atoms with Crippen LogP contribution in [-0.2, 0) is 28.6 Å². The molecule has 0 saturated heterocycles. The van der Waals surface area contributed by atoms with Crippen LogP contribution in [-0.4, -0.2) is 37.2 Å². The van der Waals surface area contributed by atoms with E-state index in [0.717, 1.165) is 77.0 Å². The third kappa shape index (κ3) is 39.8. The van der Waals surface area contributed by atoms with Crippen LogP contribution >= 0.6 is 0 Å². The number of allylic oxidation sites excluding steroid dienone is 13. The third-order valence-corrected chi connectivity index (χ3v) is 8.70. The molecule has 0 heterocycles. The molecule has 6 heteroatoms. The van der Waals surface area contributed by atoms with Crippen molar-refractivity contribution in [3.05, 3.63) is 85.1 Å². The average molecular weight is 751 g/mol. The first kappa shape index (κ1) is 50.6. The van der Waals surface area contributed by atoms with Gasteiger partial charge in [-0.15, -0.1) is 0 Å². The summed E-state index contributed by atoms with van der Waals surface area (Å²) in [6.45, 7) is 6.29. The first-order chi connectivity index (χ1) is 26.5. The molecule has 0 aliphatic heterocycles. The van der Waals surface area contributed by atoms with Crippen molar-refractivity contribution in [2.45, 2.75) is 187 Å². The zero-order chi connectivity index (χ0) is 39.4. The predicted molar refractivity (Wildman–Crippen MR) is 228 cm³/mol. The highest BCUT2D eigenvalue weighted by Crippen LogP contribution is 2.11. The Bertz CT molecular complexity index is 1090. The minimum absolute atomic E-state index is 0.0931. The molecule has 0 aliphatic carbocycles. The molecule has 0 N–H and O–H groups in total. The molecule has 0 bridgehead atoms. The molecular formula is C48H78O6. The summed E-state index contributed by atoms with van der Waals surface area (Å²) in [5, 5.41) is 0. The molecule has 0 aliphatic rings. The lowest BCUT2D eigenvalue weighted by Gasteiger charge is -2.18. The van der Waals surface area contributed by atoms with Gasteiger partial charge in [0.15, 0.2) is 6.10 Å². The van der Waals surface area contributed by atoms with E-state index < -0.39 is 12.1 Å². The van der Waals surface area contributed by atoms with E-state index in [1.54, 1.807) is 6.08 Å². The van der Waals surface area contributed by atoms with Gasteiger partial charge in [-0.2, -0.15) is 0 Å². The quantitative estimate of drug-likeness (QED) is 0.0207. The molecule has 54 heavy (non-hydrogen) atoms. The van der Waals surface area contributed by atoms with Crippen molar-refractivity contribution in [2.75, 3.05) is 13.2 Å². The average Bonchev–Trinajstić information content (AvgIpc) is 3.17. The van der Waals surface area contributed by atoms with Crippen LogP contribution < -0.4 is 0 Å². The maximum atomic E-state index is 12.6. The van der Waals surface area contributed by atoms with Crippen LogP contribution in [0, 0.1) is 0 Å². The minimum Gasteiger partial charge on any atom is -0.462 e. The maximum Gasteiger partial charge on any atom is 0.310 e. The van der Waals surface area contributed by atoms with Crippen LogP contribution in [0.25, 0.3) is 0 Å². The van der Waals surface area contributed by atoms with Crippen LogP contribution in [0.3, 0.4) is 0 Å². The van der Waals surface area contributed by atoms with Crippen LogP contribution in [0.15, 0.2) is 85.1 Å². The highest BCUT2D eigenvalue weighted by molar-refractivity contribution is 5.72. The van der Waals surface area contributed by atoms with E-state index in [1.165, 1.54) is 57.8 Å². The summed E-state index contributed by atoms with van der Waals surface area (Å²) in [7, 11) is 0. The topological polar surface area (TPSA) is 78.9 Å². The Morgan fingerprint density at radius 2 is 0.870 bits per heavy atom. The highest BCUT2D eigenvalue weighted by atomic mass is 16.6. The number of esters is 3. The lowest BCUT2D eigenvalue weighted by atomic mass is 10.1. The van der Waals surface area contributed by atoms with E-state index in [1.807, 2.05) is 6.08 Å². The first-order valence-corrected chi connectivity index (χ1v) is 21.6. The zero-order valence-corrected chi connectivity index (χ0v) is 34.7. The number of carbonyl (C=O) groups is 3. The second-order valence-corrected chi connectivity index (χ2v) is 13.9. The molecule has 0 spiro atoms. The lowest BCUT2D eigenvalue weighted by Crippen LogP contribution is -2.30. The molecule has 0 fully saturated rings. The second kappa shape index (κ2) is 42.3. The number of carbonyl (C=O) groups excluding carboxylic acids is 3. The standard InChI is InChI=1S/C48H78O6/c1-4-7-10-13-16-19-20-21-22-23-24-25-26-27-30-32-35-38-41-47(50)53-44-45(54-48(51)42-39-36-33-29-18-15-12-9-6-3)43-52-46(49)40-37-34-31-28-17-14-11-8-5-2/h9,12,18,20-25,28-29,31,36,39,45H,4-8,10-11,13-17,19,26-27,30,32-35,37-38,40-44H2,1-3H3/b12-9-,21-20-,23-22-,25-24-,29-18-,31-28-,39-36-. The molecule has 0 aromatic heterocycles. The number of hydrogen-bond donors (Lipinski definition) is 0. The Labute approximate surface area is 331 Å². The summed E-state index contributed by atoms with van der Waals surface area (Å²) in [5.41, 5.74) is 0. The van der Waals surface area contributed by atoms with Gasteiger partial charge in [-0.25, -0.2) is 0 Å². The Kier molecular flexibility index (Phi) is 39.7. The van der Waals surface area contributed by atoms with E-state index in [2.05, 4.69) is 93.7 Å². The van der Waals surface area contributed by atoms with Gasteiger partial charge >= 0.3 is 17.9 Å². The Morgan fingerprint density at radius 1 is 0.426 bits per heavy atom. The molecule has 0 saturated carbocycles. The van der Waals surface area contributed by atoms with Crippen LogP contribution in [0.5, 0.6) is 0 Å². The smallest absolute Gasteiger partial charge is 0.310 e. The number of rotatable bonds is 37. The van der Waals surface area contributed by atoms with Gasteiger partial charge in [0, 0.05) is 12.8 Å². The monoisotopic (exact) mass is 751 g/mol. The summed E-state index contributed by atoms with van der Waals surface area (Å²) in [4.78, 5) is 37.4. The van der Waals surface area contributed by atoms with Crippen molar-refractivity contribution in [3.63, 3.8) is 0 Å². The van der Waals surface area contributed by atoms with Gasteiger partial charge in [0.2, 0.25) is 0 Å². The number of hydrogen-bond acceptors (Lipinski definition) is 6. The number of unbranched alkanes of at least 4 members (excludes halogenated alkanes) is 15. The fourth-order valence-electron chi connectivity index (χ4n) is 5.45. The predicted octanol–water partition coefficient (Wildman–Crippen LogP) is 13.7. The van der Waals surface area contributed by atoms with Gasteiger partial charge in [0.1, 0.15) is 13.2 Å². The van der Waals surface area contributed by atoms with Crippen molar-refractivity contribution in [3.8, 4) is 0 Å². The Balaban J connectivity index is 4.45. The van der Waals surface area contributed by atoms with E-state index in [4.69, 9.17) is 14.2 Å². The van der Waals surface area contributed by atoms with Crippen LogP contribution in [0.2, 0.25) is 0 Å². The summed E-state index contributed by atoms with van der Waals surface area (Å²) in [5.74, 6) is -1.12. The van der Waals surface area contributed by atoms with Gasteiger partial charge in [0.05, 0.1) is 6.42 Å². The molecule has 1 atom stereocenters. The first-order valence-electron chi connectivity index (χ1n) is 21.6. The summed E-state index contributed by atoms with van der Waals surface area (Å²) in [6, 6.07) is 0. The Morgan fingerprint density at radius 3 is 1.44 bits per heavy atom. The summed E-state index contributed by atoms with van der Waals surface area (Å²) in [6.07, 6.45) is 53.3. The number of ether oxygens (including phenoxy) is 3. The molecule has 306 valence electrons. The molecule has 1 unspecified atom stereocenters. The summed E-state index contributed by atoms with van der Waals surface area (Å²) >= 11 is 0. The SMILES string of the molecule is CC/C=C\C/C=C\C/C=C\CC(=O)OC(COC(=O)CCC/C=C\CCCCCC)COC(=O)CCCCCCC\C=C/C=C\C=C/CCCCCCC. The van der Waals surface area contributed by atoms with Crippen molar-refractivity contribution in [1.82, 2.24) is 0 Å². The molecule has 0 amide bonds. The third-order valence-electron chi connectivity index (χ3n) is 8.70. The minimum atomic E-state index is -0.841. The maximum absolute atomic E-state index is 12.6. The normalized spacial score (nSPS) is 12.9. The van der Waals surface area contributed by atoms with E-state index in [9.17, 15) is 14.4 Å². The molecule has 0 radical (unpaired) electrons. The van der Waals surface area contributed by atoms with Gasteiger partial charge < -0.3 is 14.2 Å². The fraction of sp³-hybridized carbons (Fsp3) is 0.646. The second-order valence-electron chi connectivity index (χ2n) is 13.9. The molecule has 6 nitrogen and oxygen atoms in total. The largest absolute Gasteiger partial charge is 0.462 e. The molecule has 0 aromatic carbocycles. The fourth-order valence-corrected chi connectivity index (χ4v) is 5.45. The van der Waals surface area contributed by atoms with Crippen molar-refractivity contribution in [1.29, 1.82) is 0 Å². The van der Waals surface area contributed by atoms with E-state index in [0.29, 0.717) is 12.8 Å². The lowest BCUT2D eigenvalue weighted by molar-refractivity contribution is -0.166. The van der Waals surface area contributed by atoms with Gasteiger partial charge in [0.25, 0.3) is 0 Å². The van der Waals surface area contributed by atoms with Gasteiger partial charge in [-0.3, -0.25) is 14.4 Å². The molecule has 0 rings (SSSR count). The molecule has 0 aromatic rings. The van der Waals surface area contributed by atoms with E-state index >= 15 is 0 Å². The summed E-state index contributed by atoms with van der Waals surface area (Å²) < 4.78 is 16.5. The molecular weight excluding hydrogens is 673 g/mol. The van der Waals surface area contributed by atoms with Crippen molar-refractivity contribution >= 4 is 17.9 Å². The van der Waals surface area contributed by atoms with Crippen molar-refractivity contribution < 1.29 is 28.6 Å². The van der Waals surface area contributed by atoms with Gasteiger partial charge in [-0.1, -0.05) is 170 Å².